The Bertz CT molecular complexity index is 498. The minimum Gasteiger partial charge on any atom is -0.463 e. The highest BCUT2D eigenvalue weighted by Gasteiger charge is 2.17. The van der Waals surface area contributed by atoms with Crippen LogP contribution in [0.3, 0.4) is 0 Å². The van der Waals surface area contributed by atoms with Crippen LogP contribution in [-0.4, -0.2) is 74.5 Å². The number of hydrogen-bond acceptors (Lipinski definition) is 5. The summed E-state index contributed by atoms with van der Waals surface area (Å²) in [4.78, 5) is 37.3. The molecule has 1 atom stereocenters. The molecule has 1 saturated heterocycles. The number of rotatable bonds is 8. The van der Waals surface area contributed by atoms with Gasteiger partial charge in [-0.3, -0.25) is 9.59 Å². The van der Waals surface area contributed by atoms with Gasteiger partial charge in [-0.15, -0.1) is 0 Å². The number of piperidine rings is 1. The molecule has 1 fully saturated rings. The molecular formula is C23H45N3O4. The summed E-state index contributed by atoms with van der Waals surface area (Å²) in [6.07, 6.45) is 7.13. The summed E-state index contributed by atoms with van der Waals surface area (Å²) in [6.45, 7) is 14.7. The maximum absolute atomic E-state index is 11.7. The van der Waals surface area contributed by atoms with E-state index >= 15 is 0 Å². The number of likely N-dealkylation sites (tertiary alicyclic amines) is 1. The number of ether oxygens (including phenoxy) is 1. The van der Waals surface area contributed by atoms with Crippen molar-refractivity contribution in [2.45, 2.75) is 73.3 Å². The van der Waals surface area contributed by atoms with E-state index in [1.807, 2.05) is 6.92 Å². The molecule has 0 aromatic carbocycles. The van der Waals surface area contributed by atoms with E-state index in [-0.39, 0.29) is 24.5 Å². The molecule has 176 valence electrons. The van der Waals surface area contributed by atoms with E-state index in [0.29, 0.717) is 25.0 Å². The van der Waals surface area contributed by atoms with Gasteiger partial charge in [-0.1, -0.05) is 40.2 Å². The Morgan fingerprint density at radius 1 is 1.13 bits per heavy atom. The molecule has 1 rings (SSSR count). The maximum Gasteiger partial charge on any atom is 0.333 e. The number of esters is 1. The minimum atomic E-state index is -0.382. The molecule has 0 unspecified atom stereocenters. The van der Waals surface area contributed by atoms with Crippen LogP contribution in [0.4, 0.5) is 0 Å². The van der Waals surface area contributed by atoms with Crippen LogP contribution >= 0.6 is 0 Å². The molecule has 1 heterocycles. The Hall–Kier alpha value is -1.89. The third kappa shape index (κ3) is 17.0. The van der Waals surface area contributed by atoms with Crippen LogP contribution in [0.2, 0.25) is 0 Å². The van der Waals surface area contributed by atoms with Gasteiger partial charge in [0.1, 0.15) is 0 Å². The van der Waals surface area contributed by atoms with Crippen LogP contribution in [0.1, 0.15) is 67.2 Å². The molecule has 0 bridgehead atoms. The van der Waals surface area contributed by atoms with Crippen LogP contribution < -0.4 is 5.32 Å². The zero-order valence-corrected chi connectivity index (χ0v) is 20.5. The molecule has 0 aromatic heterocycles. The first-order chi connectivity index (χ1) is 14.1. The second-order valence-electron chi connectivity index (χ2n) is 8.15. The van der Waals surface area contributed by atoms with Crippen molar-refractivity contribution in [3.05, 3.63) is 11.6 Å². The van der Waals surface area contributed by atoms with Gasteiger partial charge >= 0.3 is 5.97 Å². The van der Waals surface area contributed by atoms with E-state index in [9.17, 15) is 14.4 Å². The predicted octanol–water partition coefficient (Wildman–Crippen LogP) is 3.24. The Kier molecular flexibility index (Phi) is 19.3. The number of nitrogens with zero attached hydrogens (tertiary/aromatic N) is 2. The van der Waals surface area contributed by atoms with Crippen molar-refractivity contribution in [3.8, 4) is 0 Å². The molecule has 0 spiro atoms. The van der Waals surface area contributed by atoms with Gasteiger partial charge < -0.3 is 19.9 Å². The van der Waals surface area contributed by atoms with Crippen LogP contribution in [0.25, 0.3) is 0 Å². The second-order valence-corrected chi connectivity index (χ2v) is 8.15. The standard InChI is InChI=1S/C13H22N2O4.C6H13N.C4H10/c1-5-11(7-10(3)13(18)19-6-2)15(4)12(17)8-14-9-16;1-7-5-3-2-4-6-7;1-4(2)3/h7,9,11H,5-6,8H2,1-4H3,(H,14,16);2-6H2,1H3;4H,1-3H3/b10-7+;;/t11-;;/m0../s1. The smallest absolute Gasteiger partial charge is 0.333 e. The first-order valence-corrected chi connectivity index (χ1v) is 11.1. The molecule has 0 saturated carbocycles. The van der Waals surface area contributed by atoms with Crippen LogP contribution in [0, 0.1) is 5.92 Å². The lowest BCUT2D eigenvalue weighted by Crippen LogP contribution is -2.41. The zero-order chi connectivity index (χ0) is 23.5. The van der Waals surface area contributed by atoms with E-state index in [1.54, 1.807) is 27.0 Å². The fourth-order valence-corrected chi connectivity index (χ4v) is 2.60. The van der Waals surface area contributed by atoms with Crippen molar-refractivity contribution in [3.63, 3.8) is 0 Å². The van der Waals surface area contributed by atoms with E-state index in [1.165, 1.54) is 37.3 Å². The summed E-state index contributed by atoms with van der Waals surface area (Å²) in [5, 5.41) is 2.32. The average molecular weight is 428 g/mol. The SMILES string of the molecule is CC(C)C.CCOC(=O)/C(C)=C/[C@H](CC)N(C)C(=O)CNC=O.CN1CCCCC1. The van der Waals surface area contributed by atoms with E-state index in [0.717, 1.165) is 5.92 Å². The van der Waals surface area contributed by atoms with Gasteiger partial charge in [0, 0.05) is 12.6 Å². The van der Waals surface area contributed by atoms with Crippen LogP contribution in [-0.2, 0) is 19.1 Å². The van der Waals surface area contributed by atoms with Crippen molar-refractivity contribution in [2.24, 2.45) is 5.92 Å². The largest absolute Gasteiger partial charge is 0.463 e. The number of hydrogen-bond donors (Lipinski definition) is 1. The molecule has 1 aliphatic rings. The lowest BCUT2D eigenvalue weighted by Gasteiger charge is -2.25. The summed E-state index contributed by atoms with van der Waals surface area (Å²) < 4.78 is 4.88. The molecule has 7 nitrogen and oxygen atoms in total. The van der Waals surface area contributed by atoms with Gasteiger partial charge in [0.2, 0.25) is 12.3 Å². The van der Waals surface area contributed by atoms with Gasteiger partial charge in [0.15, 0.2) is 0 Å². The van der Waals surface area contributed by atoms with E-state index in [2.05, 4.69) is 38.0 Å². The van der Waals surface area contributed by atoms with Gasteiger partial charge in [0.25, 0.3) is 0 Å². The molecule has 0 aliphatic carbocycles. The molecule has 2 amide bonds. The Morgan fingerprint density at radius 3 is 2.03 bits per heavy atom. The predicted molar refractivity (Wildman–Crippen MR) is 123 cm³/mol. The van der Waals surface area contributed by atoms with Crippen molar-refractivity contribution in [1.29, 1.82) is 0 Å². The number of carbonyl (C=O) groups excluding carboxylic acids is 3. The summed E-state index contributed by atoms with van der Waals surface area (Å²) in [6, 6.07) is -0.203. The first kappa shape index (κ1) is 30.3. The van der Waals surface area contributed by atoms with Crippen LogP contribution in [0.15, 0.2) is 11.6 Å². The fourth-order valence-electron chi connectivity index (χ4n) is 2.60. The summed E-state index contributed by atoms with van der Waals surface area (Å²) in [5.41, 5.74) is 0.469. The number of carbonyl (C=O) groups is 3. The quantitative estimate of drug-likeness (QED) is 0.365. The molecule has 30 heavy (non-hydrogen) atoms. The first-order valence-electron chi connectivity index (χ1n) is 11.1. The van der Waals surface area contributed by atoms with Gasteiger partial charge in [-0.2, -0.15) is 0 Å². The number of amides is 2. The Morgan fingerprint density at radius 2 is 1.67 bits per heavy atom. The monoisotopic (exact) mass is 427 g/mol. The lowest BCUT2D eigenvalue weighted by atomic mass is 10.1. The molecule has 7 heteroatoms. The molecule has 1 aliphatic heterocycles. The van der Waals surface area contributed by atoms with Gasteiger partial charge in [-0.25, -0.2) is 4.79 Å². The van der Waals surface area contributed by atoms with Gasteiger partial charge in [-0.05, 0) is 59.2 Å². The van der Waals surface area contributed by atoms with Crippen molar-refractivity contribution >= 4 is 18.3 Å². The number of nitrogens with one attached hydrogen (secondary N) is 1. The highest BCUT2D eigenvalue weighted by molar-refractivity contribution is 5.88. The van der Waals surface area contributed by atoms with Crippen molar-refractivity contribution in [2.75, 3.05) is 40.3 Å². The highest BCUT2D eigenvalue weighted by Crippen LogP contribution is 2.08. The molecule has 0 aromatic rings. The molecular weight excluding hydrogens is 382 g/mol. The topological polar surface area (TPSA) is 79.0 Å². The van der Waals surface area contributed by atoms with Gasteiger partial charge in [0.05, 0.1) is 19.2 Å². The average Bonchev–Trinajstić information content (AvgIpc) is 2.70. The highest BCUT2D eigenvalue weighted by atomic mass is 16.5. The van der Waals surface area contributed by atoms with E-state index < -0.39 is 0 Å². The van der Waals surface area contributed by atoms with Crippen LogP contribution in [0.5, 0.6) is 0 Å². The zero-order valence-electron chi connectivity index (χ0n) is 20.5. The Balaban J connectivity index is 0. The molecule has 1 N–H and O–H groups in total. The van der Waals surface area contributed by atoms with Crippen molar-refractivity contribution < 1.29 is 19.1 Å². The molecule has 0 radical (unpaired) electrons. The lowest BCUT2D eigenvalue weighted by molar-refractivity contribution is -0.138. The number of likely N-dealkylation sites (N-methyl/N-ethyl adjacent to an activating group) is 1. The summed E-state index contributed by atoms with van der Waals surface area (Å²) in [7, 11) is 3.83. The maximum atomic E-state index is 11.7. The third-order valence-electron chi connectivity index (χ3n) is 4.27. The summed E-state index contributed by atoms with van der Waals surface area (Å²) in [5.74, 6) is 0.236. The van der Waals surface area contributed by atoms with E-state index in [4.69, 9.17) is 4.74 Å². The second kappa shape index (κ2) is 19.1. The third-order valence-corrected chi connectivity index (χ3v) is 4.27. The van der Waals surface area contributed by atoms with Crippen molar-refractivity contribution in [1.82, 2.24) is 15.1 Å². The minimum absolute atomic E-state index is 0.0528. The summed E-state index contributed by atoms with van der Waals surface area (Å²) >= 11 is 0. The Labute approximate surface area is 184 Å². The normalized spacial score (nSPS) is 15.0. The fraction of sp³-hybridized carbons (Fsp3) is 0.783.